The van der Waals surface area contributed by atoms with Gasteiger partial charge in [-0.15, -0.1) is 0 Å². The van der Waals surface area contributed by atoms with Crippen LogP contribution in [0.25, 0.3) is 0 Å². The van der Waals surface area contributed by atoms with Gasteiger partial charge in [0.2, 0.25) is 0 Å². The largest absolute Gasteiger partial charge is 0.301 e. The number of nitrogens with zero attached hydrogens (tertiary/aromatic N) is 2. The first-order chi connectivity index (χ1) is 5.66. The van der Waals surface area contributed by atoms with Crippen LogP contribution in [0.15, 0.2) is 0 Å². The van der Waals surface area contributed by atoms with Crippen LogP contribution in [0.4, 0.5) is 8.78 Å². The highest BCUT2D eigenvalue weighted by atomic mass is 19.3. The summed E-state index contributed by atoms with van der Waals surface area (Å²) >= 11 is 0. The second-order valence-electron chi connectivity index (χ2n) is 3.83. The fourth-order valence-electron chi connectivity index (χ4n) is 2.35. The van der Waals surface area contributed by atoms with E-state index in [-0.39, 0.29) is 6.54 Å². The Balaban J connectivity index is 1.90. The molecule has 2 rings (SSSR count). The summed E-state index contributed by atoms with van der Waals surface area (Å²) in [6.07, 6.45) is -1.09. The zero-order valence-electron chi connectivity index (χ0n) is 7.21. The third-order valence-corrected chi connectivity index (χ3v) is 3.00. The van der Waals surface area contributed by atoms with Crippen LogP contribution < -0.4 is 0 Å². The Hall–Kier alpha value is -0.220. The lowest BCUT2D eigenvalue weighted by atomic mass is 10.2. The molecule has 2 fully saturated rings. The predicted octanol–water partition coefficient (Wildman–Crippen LogP) is 0.640. The molecule has 0 radical (unpaired) electrons. The normalized spacial score (nSPS) is 37.0. The van der Waals surface area contributed by atoms with E-state index in [9.17, 15) is 8.78 Å². The van der Waals surface area contributed by atoms with Gasteiger partial charge in [-0.3, -0.25) is 4.90 Å². The molecule has 0 saturated carbocycles. The second kappa shape index (κ2) is 2.92. The summed E-state index contributed by atoms with van der Waals surface area (Å²) in [6.45, 7) is 1.78. The minimum absolute atomic E-state index is 0.0327. The highest BCUT2D eigenvalue weighted by Gasteiger charge is 2.41. The number of halogens is 2. The Bertz CT molecular complexity index is 172. The molecule has 2 saturated heterocycles. The molecule has 0 aromatic carbocycles. The van der Waals surface area contributed by atoms with E-state index in [0.29, 0.717) is 12.1 Å². The van der Waals surface area contributed by atoms with Gasteiger partial charge < -0.3 is 4.90 Å². The van der Waals surface area contributed by atoms with Crippen molar-refractivity contribution in [3.05, 3.63) is 0 Å². The summed E-state index contributed by atoms with van der Waals surface area (Å²) in [5, 5.41) is 0. The van der Waals surface area contributed by atoms with Crippen LogP contribution in [0.1, 0.15) is 6.42 Å². The molecule has 0 aromatic heterocycles. The predicted molar refractivity (Wildman–Crippen MR) is 42.4 cm³/mol. The molecule has 0 aromatic rings. The van der Waals surface area contributed by atoms with Gasteiger partial charge in [0, 0.05) is 25.2 Å². The van der Waals surface area contributed by atoms with Crippen LogP contribution >= 0.6 is 0 Å². The molecule has 2 unspecified atom stereocenters. The molecule has 2 atom stereocenters. The van der Waals surface area contributed by atoms with E-state index < -0.39 is 6.43 Å². The van der Waals surface area contributed by atoms with Crippen molar-refractivity contribution in [3.63, 3.8) is 0 Å². The first kappa shape index (κ1) is 8.38. The van der Waals surface area contributed by atoms with Crippen molar-refractivity contribution in [1.82, 2.24) is 9.80 Å². The van der Waals surface area contributed by atoms with E-state index in [0.717, 1.165) is 19.5 Å². The molecular weight excluding hydrogens is 162 g/mol. The van der Waals surface area contributed by atoms with Crippen LogP contribution in [-0.2, 0) is 0 Å². The lowest BCUT2D eigenvalue weighted by Crippen LogP contribution is -2.46. The molecule has 0 aliphatic carbocycles. The zero-order valence-corrected chi connectivity index (χ0v) is 7.21. The summed E-state index contributed by atoms with van der Waals surface area (Å²) in [6, 6.07) is 0.933. The average Bonchev–Trinajstić information content (AvgIpc) is 2.44. The highest BCUT2D eigenvalue weighted by molar-refractivity contribution is 4.98. The number of rotatable bonds is 2. The maximum Gasteiger partial charge on any atom is 0.251 e. The molecule has 2 bridgehead atoms. The standard InChI is InChI=1S/C8H14F2N2/c1-11-3-7-2-6(11)4-12(7)5-8(9)10/h6-8H,2-5H2,1H3. The fourth-order valence-corrected chi connectivity index (χ4v) is 2.35. The third-order valence-electron chi connectivity index (χ3n) is 3.00. The highest BCUT2D eigenvalue weighted by Crippen LogP contribution is 2.29. The lowest BCUT2D eigenvalue weighted by Gasteiger charge is -2.31. The minimum atomic E-state index is -2.17. The van der Waals surface area contributed by atoms with E-state index in [1.807, 2.05) is 4.90 Å². The molecular formula is C8H14F2N2. The van der Waals surface area contributed by atoms with E-state index in [4.69, 9.17) is 0 Å². The van der Waals surface area contributed by atoms with Crippen LogP contribution in [0.2, 0.25) is 0 Å². The Morgan fingerprint density at radius 2 is 2.08 bits per heavy atom. The van der Waals surface area contributed by atoms with Gasteiger partial charge in [0.15, 0.2) is 0 Å². The van der Waals surface area contributed by atoms with Gasteiger partial charge in [0.25, 0.3) is 6.43 Å². The monoisotopic (exact) mass is 176 g/mol. The quantitative estimate of drug-likeness (QED) is 0.609. The van der Waals surface area contributed by atoms with Gasteiger partial charge in [-0.05, 0) is 13.5 Å². The van der Waals surface area contributed by atoms with Crippen molar-refractivity contribution >= 4 is 0 Å². The van der Waals surface area contributed by atoms with E-state index in [1.165, 1.54) is 0 Å². The number of alkyl halides is 2. The van der Waals surface area contributed by atoms with Gasteiger partial charge in [-0.1, -0.05) is 0 Å². The van der Waals surface area contributed by atoms with Gasteiger partial charge in [-0.25, -0.2) is 8.78 Å². The Morgan fingerprint density at radius 3 is 2.50 bits per heavy atom. The molecule has 2 aliphatic heterocycles. The number of hydrogen-bond acceptors (Lipinski definition) is 2. The topological polar surface area (TPSA) is 6.48 Å². The summed E-state index contributed by atoms with van der Waals surface area (Å²) in [5.74, 6) is 0. The minimum Gasteiger partial charge on any atom is -0.301 e. The number of piperazine rings is 1. The van der Waals surface area contributed by atoms with Gasteiger partial charge >= 0.3 is 0 Å². The average molecular weight is 176 g/mol. The van der Waals surface area contributed by atoms with E-state index >= 15 is 0 Å². The molecule has 12 heavy (non-hydrogen) atoms. The molecule has 2 aliphatic rings. The van der Waals surface area contributed by atoms with E-state index in [2.05, 4.69) is 11.9 Å². The first-order valence-corrected chi connectivity index (χ1v) is 4.39. The van der Waals surface area contributed by atoms with Gasteiger partial charge in [0.05, 0.1) is 6.54 Å². The summed E-state index contributed by atoms with van der Waals surface area (Å²) in [4.78, 5) is 4.20. The van der Waals surface area contributed by atoms with Crippen molar-refractivity contribution in [3.8, 4) is 0 Å². The lowest BCUT2D eigenvalue weighted by molar-refractivity contribution is 0.0589. The third kappa shape index (κ3) is 1.33. The van der Waals surface area contributed by atoms with Crippen LogP contribution in [0.5, 0.6) is 0 Å². The Kier molecular flexibility index (Phi) is 2.04. The zero-order chi connectivity index (χ0) is 8.72. The van der Waals surface area contributed by atoms with Gasteiger partial charge in [0.1, 0.15) is 0 Å². The second-order valence-corrected chi connectivity index (χ2v) is 3.83. The van der Waals surface area contributed by atoms with Crippen LogP contribution in [0, 0.1) is 0 Å². The maximum absolute atomic E-state index is 12.1. The molecule has 0 spiro atoms. The molecule has 0 N–H and O–H groups in total. The molecule has 2 nitrogen and oxygen atoms in total. The summed E-state index contributed by atoms with van der Waals surface area (Å²) < 4.78 is 24.1. The number of likely N-dealkylation sites (N-methyl/N-ethyl adjacent to an activating group) is 1. The SMILES string of the molecule is CN1CC2CC1CN2CC(F)F. The number of likely N-dealkylation sites (tertiary alicyclic amines) is 2. The fraction of sp³-hybridized carbons (Fsp3) is 1.00. The maximum atomic E-state index is 12.1. The molecule has 4 heteroatoms. The van der Waals surface area contributed by atoms with Crippen LogP contribution in [-0.4, -0.2) is 55.0 Å². The van der Waals surface area contributed by atoms with Gasteiger partial charge in [-0.2, -0.15) is 0 Å². The van der Waals surface area contributed by atoms with E-state index in [1.54, 1.807) is 0 Å². The first-order valence-electron chi connectivity index (χ1n) is 4.39. The Labute approximate surface area is 71.1 Å². The molecule has 70 valence electrons. The summed E-state index contributed by atoms with van der Waals surface area (Å²) in [5.41, 5.74) is 0. The number of hydrogen-bond donors (Lipinski definition) is 0. The smallest absolute Gasteiger partial charge is 0.251 e. The summed E-state index contributed by atoms with van der Waals surface area (Å²) in [7, 11) is 2.07. The van der Waals surface area contributed by atoms with Crippen molar-refractivity contribution < 1.29 is 8.78 Å². The molecule has 0 amide bonds. The van der Waals surface area contributed by atoms with Crippen molar-refractivity contribution in [2.45, 2.75) is 24.9 Å². The van der Waals surface area contributed by atoms with Crippen molar-refractivity contribution in [1.29, 1.82) is 0 Å². The van der Waals surface area contributed by atoms with Crippen molar-refractivity contribution in [2.75, 3.05) is 26.7 Å². The van der Waals surface area contributed by atoms with Crippen molar-refractivity contribution in [2.24, 2.45) is 0 Å². The molecule has 2 heterocycles. The number of fused-ring (bicyclic) bond motifs is 2. The van der Waals surface area contributed by atoms with Crippen LogP contribution in [0.3, 0.4) is 0 Å². The Morgan fingerprint density at radius 1 is 1.33 bits per heavy atom.